The third-order valence-corrected chi connectivity index (χ3v) is 5.26. The number of fused-ring (bicyclic) bond motifs is 1. The summed E-state index contributed by atoms with van der Waals surface area (Å²) in [6, 6.07) is 12.5. The number of ether oxygens (including phenoxy) is 1. The molecule has 0 unspecified atom stereocenters. The Labute approximate surface area is 181 Å². The fourth-order valence-electron chi connectivity index (χ4n) is 2.78. The lowest BCUT2D eigenvalue weighted by Crippen LogP contribution is -2.19. The van der Waals surface area contributed by atoms with Crippen LogP contribution in [0.5, 0.6) is 5.75 Å². The van der Waals surface area contributed by atoms with Gasteiger partial charge in [0.15, 0.2) is 5.13 Å². The molecule has 0 bridgehead atoms. The molecule has 0 aliphatic heterocycles. The minimum Gasteiger partial charge on any atom is -0.495 e. The molecule has 0 saturated carbocycles. The molecule has 0 fully saturated rings. The number of rotatable bonds is 5. The maximum absolute atomic E-state index is 12.4. The highest BCUT2D eigenvalue weighted by Gasteiger charge is 2.11. The Morgan fingerprint density at radius 2 is 1.97 bits per heavy atom. The van der Waals surface area contributed by atoms with Crippen LogP contribution in [0.3, 0.4) is 0 Å². The molecular formula is C20H17ClN6O2S. The number of carbonyl (C=O) groups excluding carboxylic acids is 1. The number of benzene rings is 2. The van der Waals surface area contributed by atoms with Gasteiger partial charge in [-0.3, -0.25) is 5.32 Å². The maximum atomic E-state index is 12.4. The number of urea groups is 1. The Morgan fingerprint density at radius 3 is 2.77 bits per heavy atom. The Balaban J connectivity index is 1.48. The van der Waals surface area contributed by atoms with E-state index in [1.54, 1.807) is 13.2 Å². The summed E-state index contributed by atoms with van der Waals surface area (Å²) in [5, 5.41) is 9.57. The molecule has 2 amide bonds. The zero-order valence-corrected chi connectivity index (χ0v) is 17.6. The summed E-state index contributed by atoms with van der Waals surface area (Å²) in [6.45, 7) is 1.94. The fraction of sp³-hybridized carbons (Fsp3) is 0.100. The first-order valence-electron chi connectivity index (χ1n) is 8.88. The lowest BCUT2D eigenvalue weighted by atomic mass is 10.2. The van der Waals surface area contributed by atoms with Crippen LogP contribution in [0.25, 0.3) is 10.2 Å². The van der Waals surface area contributed by atoms with Crippen LogP contribution in [0.1, 0.15) is 5.56 Å². The highest BCUT2D eigenvalue weighted by atomic mass is 35.5. The number of halogens is 1. The predicted octanol–water partition coefficient (Wildman–Crippen LogP) is 5.44. The van der Waals surface area contributed by atoms with Gasteiger partial charge in [-0.25, -0.2) is 19.7 Å². The van der Waals surface area contributed by atoms with Crippen LogP contribution in [0.2, 0.25) is 5.15 Å². The summed E-state index contributed by atoms with van der Waals surface area (Å²) in [7, 11) is 1.56. The molecule has 30 heavy (non-hydrogen) atoms. The number of hydrogen-bond donors (Lipinski definition) is 3. The number of hydrogen-bond acceptors (Lipinski definition) is 7. The SMILES string of the molecule is COc1ccc(C)cc1NC(=O)Nc1nc2ccc(Nc3cc(Cl)ncn3)cc2s1. The first kappa shape index (κ1) is 19.9. The molecule has 3 N–H and O–H groups in total. The van der Waals surface area contributed by atoms with Gasteiger partial charge in [0.05, 0.1) is 23.0 Å². The summed E-state index contributed by atoms with van der Waals surface area (Å²) in [6.07, 6.45) is 1.39. The Bertz CT molecular complexity index is 1230. The van der Waals surface area contributed by atoms with Gasteiger partial charge in [0.2, 0.25) is 0 Å². The standard InChI is InChI=1S/C20H17ClN6O2S/c1-11-3-6-15(29-2)14(7-11)25-19(28)27-20-26-13-5-4-12(8-16(13)30-20)24-18-9-17(21)22-10-23-18/h3-10H,1-2H3,(H,22,23,24)(H2,25,26,27,28). The number of methoxy groups -OCH3 is 1. The maximum Gasteiger partial charge on any atom is 0.325 e. The van der Waals surface area contributed by atoms with E-state index in [-0.39, 0.29) is 0 Å². The van der Waals surface area contributed by atoms with Gasteiger partial charge < -0.3 is 15.4 Å². The second kappa shape index (κ2) is 8.52. The molecule has 2 aromatic carbocycles. The van der Waals surface area contributed by atoms with Crippen molar-refractivity contribution in [1.29, 1.82) is 0 Å². The van der Waals surface area contributed by atoms with Crippen molar-refractivity contribution in [3.05, 3.63) is 59.5 Å². The molecule has 0 saturated heterocycles. The van der Waals surface area contributed by atoms with Crippen molar-refractivity contribution in [3.63, 3.8) is 0 Å². The van der Waals surface area contributed by atoms with Crippen LogP contribution in [-0.2, 0) is 0 Å². The monoisotopic (exact) mass is 440 g/mol. The molecule has 0 spiro atoms. The van der Waals surface area contributed by atoms with Crippen LogP contribution in [0.4, 0.5) is 27.1 Å². The van der Waals surface area contributed by atoms with Gasteiger partial charge in [-0.2, -0.15) is 0 Å². The van der Waals surface area contributed by atoms with Gasteiger partial charge in [0.25, 0.3) is 0 Å². The van der Waals surface area contributed by atoms with E-state index in [0.29, 0.717) is 27.5 Å². The smallest absolute Gasteiger partial charge is 0.325 e. The van der Waals surface area contributed by atoms with Gasteiger partial charge >= 0.3 is 6.03 Å². The zero-order chi connectivity index (χ0) is 21.1. The predicted molar refractivity (Wildman–Crippen MR) is 120 cm³/mol. The number of amides is 2. The van der Waals surface area contributed by atoms with E-state index in [4.69, 9.17) is 16.3 Å². The van der Waals surface area contributed by atoms with Crippen molar-refractivity contribution in [3.8, 4) is 5.75 Å². The second-order valence-corrected chi connectivity index (χ2v) is 7.75. The number of anilines is 4. The topological polar surface area (TPSA) is 101 Å². The zero-order valence-electron chi connectivity index (χ0n) is 16.1. The number of thiazole rings is 1. The molecule has 8 nitrogen and oxygen atoms in total. The largest absolute Gasteiger partial charge is 0.495 e. The third-order valence-electron chi connectivity index (χ3n) is 4.12. The molecule has 0 atom stereocenters. The quantitative estimate of drug-likeness (QED) is 0.357. The average Bonchev–Trinajstić information content (AvgIpc) is 3.09. The Morgan fingerprint density at radius 1 is 1.10 bits per heavy atom. The number of carbonyl (C=O) groups is 1. The minimum absolute atomic E-state index is 0.356. The summed E-state index contributed by atoms with van der Waals surface area (Å²) in [4.78, 5) is 24.9. The number of nitrogens with zero attached hydrogens (tertiary/aromatic N) is 3. The number of aromatic nitrogens is 3. The van der Waals surface area contributed by atoms with Crippen LogP contribution >= 0.6 is 22.9 Å². The van der Waals surface area contributed by atoms with E-state index in [9.17, 15) is 4.79 Å². The molecule has 4 rings (SSSR count). The van der Waals surface area contributed by atoms with E-state index >= 15 is 0 Å². The van der Waals surface area contributed by atoms with Gasteiger partial charge in [-0.05, 0) is 42.8 Å². The molecule has 0 aliphatic carbocycles. The second-order valence-electron chi connectivity index (χ2n) is 6.34. The molecule has 0 aliphatic rings. The van der Waals surface area contributed by atoms with Crippen molar-refractivity contribution >= 4 is 61.5 Å². The van der Waals surface area contributed by atoms with E-state index in [2.05, 4.69) is 30.9 Å². The molecule has 0 radical (unpaired) electrons. The molecule has 152 valence electrons. The Hall–Kier alpha value is -3.43. The van der Waals surface area contributed by atoms with Gasteiger partial charge in [-0.15, -0.1) is 0 Å². The fourth-order valence-corrected chi connectivity index (χ4v) is 3.82. The van der Waals surface area contributed by atoms with Crippen molar-refractivity contribution in [2.24, 2.45) is 0 Å². The molecular weight excluding hydrogens is 424 g/mol. The third kappa shape index (κ3) is 4.58. The first-order valence-corrected chi connectivity index (χ1v) is 10.1. The summed E-state index contributed by atoms with van der Waals surface area (Å²) in [5.74, 6) is 1.17. The van der Waals surface area contributed by atoms with E-state index < -0.39 is 6.03 Å². The van der Waals surface area contributed by atoms with Crippen LogP contribution < -0.4 is 20.7 Å². The lowest BCUT2D eigenvalue weighted by molar-refractivity contribution is 0.262. The van der Waals surface area contributed by atoms with Crippen LogP contribution in [0, 0.1) is 6.92 Å². The average molecular weight is 441 g/mol. The van der Waals surface area contributed by atoms with Gasteiger partial charge in [0, 0.05) is 11.8 Å². The van der Waals surface area contributed by atoms with Crippen molar-refractivity contribution < 1.29 is 9.53 Å². The lowest BCUT2D eigenvalue weighted by Gasteiger charge is -2.10. The van der Waals surface area contributed by atoms with Crippen LogP contribution in [-0.4, -0.2) is 28.1 Å². The molecule has 4 aromatic rings. The molecule has 2 heterocycles. The summed E-state index contributed by atoms with van der Waals surface area (Å²) < 4.78 is 6.20. The highest BCUT2D eigenvalue weighted by Crippen LogP contribution is 2.30. The molecule has 2 aromatic heterocycles. The number of nitrogens with one attached hydrogen (secondary N) is 3. The van der Waals surface area contributed by atoms with Crippen molar-refractivity contribution in [2.45, 2.75) is 6.92 Å². The highest BCUT2D eigenvalue weighted by molar-refractivity contribution is 7.22. The molecule has 10 heteroatoms. The van der Waals surface area contributed by atoms with E-state index in [1.165, 1.54) is 17.7 Å². The first-order chi connectivity index (χ1) is 14.5. The van der Waals surface area contributed by atoms with E-state index in [1.807, 2.05) is 43.3 Å². The summed E-state index contributed by atoms with van der Waals surface area (Å²) in [5.41, 5.74) is 3.19. The van der Waals surface area contributed by atoms with Crippen LogP contribution in [0.15, 0.2) is 48.8 Å². The van der Waals surface area contributed by atoms with Crippen molar-refractivity contribution in [1.82, 2.24) is 15.0 Å². The summed E-state index contributed by atoms with van der Waals surface area (Å²) >= 11 is 7.25. The normalized spacial score (nSPS) is 10.6. The Kier molecular flexibility index (Phi) is 5.64. The number of aryl methyl sites for hydroxylation is 1. The van der Waals surface area contributed by atoms with E-state index in [0.717, 1.165) is 21.5 Å². The minimum atomic E-state index is -0.396. The van der Waals surface area contributed by atoms with Gasteiger partial charge in [0.1, 0.15) is 23.0 Å². The van der Waals surface area contributed by atoms with Crippen molar-refractivity contribution in [2.75, 3.05) is 23.1 Å². The van der Waals surface area contributed by atoms with Gasteiger partial charge in [-0.1, -0.05) is 29.0 Å².